The normalized spacial score (nSPS) is 7.55. The molecule has 6 nitrogen and oxygen atoms in total. The lowest BCUT2D eigenvalue weighted by Gasteiger charge is -1.68. The quantitative estimate of drug-likeness (QED) is 0.296. The van der Waals surface area contributed by atoms with E-state index in [1.165, 1.54) is 0 Å². The summed E-state index contributed by atoms with van der Waals surface area (Å²) in [6.07, 6.45) is 0. The molecule has 0 aliphatic rings. The lowest BCUT2D eigenvalue weighted by molar-refractivity contribution is -0.134. The second-order valence-corrected chi connectivity index (χ2v) is 1.86. The van der Waals surface area contributed by atoms with Crippen LogP contribution in [-0.2, 0) is 15.2 Å². The van der Waals surface area contributed by atoms with Gasteiger partial charge in [0.2, 0.25) is 0 Å². The Labute approximate surface area is 85.4 Å². The Kier molecular flexibility index (Phi) is 21.3. The minimum atomic E-state index is -4.67. The first-order valence-electron chi connectivity index (χ1n) is 1.63. The lowest BCUT2D eigenvalue weighted by Crippen LogP contribution is -1.89. The van der Waals surface area contributed by atoms with Gasteiger partial charge in [0.25, 0.3) is 5.97 Å². The summed E-state index contributed by atoms with van der Waals surface area (Å²) < 4.78 is 31.6. The molecule has 0 heterocycles. The van der Waals surface area contributed by atoms with E-state index in [0.717, 1.165) is 6.92 Å². The molecule has 0 atom stereocenters. The second kappa shape index (κ2) is 10.4. The molecule has 0 aliphatic carbocycles. The van der Waals surface area contributed by atoms with Crippen LogP contribution >= 0.6 is 0 Å². The number of rotatable bonds is 0. The summed E-state index contributed by atoms with van der Waals surface area (Å²) in [6.45, 7) is 1.08. The molecule has 68 valence electrons. The molecule has 0 saturated carbocycles. The van der Waals surface area contributed by atoms with Crippen molar-refractivity contribution in [3.8, 4) is 0 Å². The Morgan fingerprint density at radius 2 is 1.18 bits per heavy atom. The zero-order chi connectivity index (χ0) is 8.08. The van der Waals surface area contributed by atoms with Gasteiger partial charge in [0.05, 0.1) is 0 Å². The first-order chi connectivity index (χ1) is 3.73. The summed E-state index contributed by atoms with van der Waals surface area (Å²) in [7, 11) is -4.67. The molecule has 0 aliphatic heterocycles. The minimum absolute atomic E-state index is 0. The molecule has 11 heavy (non-hydrogen) atoms. The van der Waals surface area contributed by atoms with Crippen LogP contribution in [0.25, 0.3) is 0 Å². The number of carboxylic acids is 1. The maximum Gasteiger partial charge on any atom is 0.394 e. The highest BCUT2D eigenvalue weighted by Crippen LogP contribution is 1.59. The molecule has 0 aromatic carbocycles. The summed E-state index contributed by atoms with van der Waals surface area (Å²) in [6, 6.07) is 0. The van der Waals surface area contributed by atoms with Crippen molar-refractivity contribution >= 4 is 51.1 Å². The van der Waals surface area contributed by atoms with Crippen molar-refractivity contribution in [3.05, 3.63) is 0 Å². The monoisotopic (exact) mass is 218 g/mol. The first kappa shape index (κ1) is 22.5. The Balaban J connectivity index is -0.0000000383. The van der Waals surface area contributed by atoms with Crippen molar-refractivity contribution in [2.75, 3.05) is 0 Å². The van der Waals surface area contributed by atoms with Crippen LogP contribution in [0.4, 0.5) is 0 Å². The molecule has 3 N–H and O–H groups in total. The summed E-state index contributed by atoms with van der Waals surface area (Å²) in [4.78, 5) is 9.00. The van der Waals surface area contributed by atoms with E-state index in [0.29, 0.717) is 0 Å². The summed E-state index contributed by atoms with van der Waals surface area (Å²) >= 11 is 0. The molecule has 0 saturated heterocycles. The number of hydrogen-bond donors (Lipinski definition) is 3. The topological polar surface area (TPSA) is 112 Å². The second-order valence-electron chi connectivity index (χ2n) is 0.967. The van der Waals surface area contributed by atoms with Crippen LogP contribution in [0.2, 0.25) is 0 Å². The average Bonchev–Trinajstić information content (AvgIpc) is 1.19. The van der Waals surface area contributed by atoms with E-state index in [1.807, 2.05) is 0 Å². The van der Waals surface area contributed by atoms with Crippen LogP contribution in [0.15, 0.2) is 0 Å². The predicted octanol–water partition coefficient (Wildman–Crippen LogP) is -2.93. The van der Waals surface area contributed by atoms with Crippen LogP contribution < -0.4 is 0 Å². The SMILES string of the molecule is CC(=O)O.O=S(=O)(O)O.[AlH3].[AlH3]. The summed E-state index contributed by atoms with van der Waals surface area (Å²) in [5, 5.41) is 7.42. The third-order valence-electron chi connectivity index (χ3n) is 0. The van der Waals surface area contributed by atoms with Gasteiger partial charge in [0.1, 0.15) is 0 Å². The van der Waals surface area contributed by atoms with E-state index in [-0.39, 0.29) is 34.7 Å². The molecule has 0 aromatic heterocycles. The Hall–Kier alpha value is 0.405. The van der Waals surface area contributed by atoms with Crippen LogP contribution in [0.3, 0.4) is 0 Å². The van der Waals surface area contributed by atoms with E-state index in [9.17, 15) is 0 Å². The highest BCUT2D eigenvalue weighted by Gasteiger charge is 1.84. The highest BCUT2D eigenvalue weighted by atomic mass is 32.3. The smallest absolute Gasteiger partial charge is 0.394 e. The van der Waals surface area contributed by atoms with Gasteiger partial charge < -0.3 is 5.11 Å². The van der Waals surface area contributed by atoms with Crippen LogP contribution in [-0.4, -0.2) is 63.3 Å². The molecular formula is C2H12Al2O6S. The van der Waals surface area contributed by atoms with E-state index in [2.05, 4.69) is 0 Å². The van der Waals surface area contributed by atoms with Gasteiger partial charge >= 0.3 is 10.4 Å². The molecule has 0 aromatic rings. The molecule has 0 spiro atoms. The molecule has 0 bridgehead atoms. The van der Waals surface area contributed by atoms with Gasteiger partial charge in [-0.3, -0.25) is 13.9 Å². The Morgan fingerprint density at radius 1 is 1.18 bits per heavy atom. The third kappa shape index (κ3) is 4480. The van der Waals surface area contributed by atoms with Gasteiger partial charge in [-0.2, -0.15) is 8.42 Å². The van der Waals surface area contributed by atoms with Crippen molar-refractivity contribution in [1.29, 1.82) is 0 Å². The molecular weight excluding hydrogens is 206 g/mol. The molecule has 0 radical (unpaired) electrons. The number of hydrogen-bond acceptors (Lipinski definition) is 3. The zero-order valence-electron chi connectivity index (χ0n) is 4.47. The van der Waals surface area contributed by atoms with Crippen LogP contribution in [0.1, 0.15) is 6.92 Å². The van der Waals surface area contributed by atoms with E-state index in [4.69, 9.17) is 27.4 Å². The molecule has 0 rings (SSSR count). The molecule has 0 unspecified atom stereocenters. The fraction of sp³-hybridized carbons (Fsp3) is 0.500. The summed E-state index contributed by atoms with van der Waals surface area (Å²) in [5.74, 6) is -0.833. The van der Waals surface area contributed by atoms with Crippen molar-refractivity contribution < 1.29 is 27.4 Å². The van der Waals surface area contributed by atoms with Gasteiger partial charge in [-0.1, -0.05) is 0 Å². The fourth-order valence-corrected chi connectivity index (χ4v) is 0. The lowest BCUT2D eigenvalue weighted by atomic mass is 10.9. The van der Waals surface area contributed by atoms with Gasteiger partial charge in [0, 0.05) is 6.92 Å². The van der Waals surface area contributed by atoms with Gasteiger partial charge in [-0.15, -0.1) is 0 Å². The maximum absolute atomic E-state index is 9.00. The Morgan fingerprint density at radius 3 is 1.18 bits per heavy atom. The van der Waals surface area contributed by atoms with Gasteiger partial charge in [-0.05, 0) is 0 Å². The van der Waals surface area contributed by atoms with E-state index in [1.54, 1.807) is 0 Å². The third-order valence-corrected chi connectivity index (χ3v) is 0. The summed E-state index contributed by atoms with van der Waals surface area (Å²) in [5.41, 5.74) is 0. The fourth-order valence-electron chi connectivity index (χ4n) is 0. The highest BCUT2D eigenvalue weighted by molar-refractivity contribution is 7.79. The van der Waals surface area contributed by atoms with Crippen LogP contribution in [0.5, 0.6) is 0 Å². The van der Waals surface area contributed by atoms with Crippen molar-refractivity contribution in [1.82, 2.24) is 0 Å². The van der Waals surface area contributed by atoms with Gasteiger partial charge in [-0.25, -0.2) is 0 Å². The standard InChI is InChI=1S/C2H4O2.2Al.H2O4S.6H/c1-2(3)4;;;1-5(2,3)4;;;;;;/h1H3,(H,3,4);;;(H2,1,2,3,4);;;;;;. The molecule has 0 amide bonds. The van der Waals surface area contributed by atoms with E-state index >= 15 is 0 Å². The largest absolute Gasteiger partial charge is 0.481 e. The molecule has 0 fully saturated rings. The number of carboxylic acid groups (broad SMARTS) is 1. The zero-order valence-corrected chi connectivity index (χ0v) is 5.29. The first-order valence-corrected chi connectivity index (χ1v) is 3.02. The molecule has 9 heteroatoms. The number of aliphatic carboxylic acids is 1. The minimum Gasteiger partial charge on any atom is -0.481 e. The predicted molar refractivity (Wildman–Crippen MR) is 47.4 cm³/mol. The average molecular weight is 218 g/mol. The van der Waals surface area contributed by atoms with Crippen LogP contribution in [0, 0.1) is 0 Å². The maximum atomic E-state index is 9.00. The van der Waals surface area contributed by atoms with E-state index < -0.39 is 16.4 Å². The Bertz CT molecular complexity index is 161. The number of carbonyl (C=O) groups is 1. The van der Waals surface area contributed by atoms with Crippen molar-refractivity contribution in [2.24, 2.45) is 0 Å². The van der Waals surface area contributed by atoms with Crippen molar-refractivity contribution in [2.45, 2.75) is 6.92 Å². The van der Waals surface area contributed by atoms with Crippen molar-refractivity contribution in [3.63, 3.8) is 0 Å². The van der Waals surface area contributed by atoms with Gasteiger partial charge in [0.15, 0.2) is 34.7 Å².